The largest absolute Gasteiger partial charge is 0.350 e. The Bertz CT molecular complexity index is 661. The van der Waals surface area contributed by atoms with E-state index >= 15 is 0 Å². The van der Waals surface area contributed by atoms with Gasteiger partial charge < -0.3 is 16.0 Å². The van der Waals surface area contributed by atoms with E-state index in [1.807, 2.05) is 24.3 Å². The third-order valence-electron chi connectivity index (χ3n) is 5.89. The second-order valence-electron chi connectivity index (χ2n) is 7.97. The van der Waals surface area contributed by atoms with Crippen LogP contribution in [0.3, 0.4) is 0 Å². The maximum Gasteiger partial charge on any atom is 0.281 e. The SMILES string of the molecule is [NH3+][C@H](CC1CCCCC1)C(=O)N1CCC[C@H]1C(=O)NCc1cccc(Cl)c1. The van der Waals surface area contributed by atoms with E-state index in [0.717, 1.165) is 24.8 Å². The highest BCUT2D eigenvalue weighted by molar-refractivity contribution is 6.30. The Morgan fingerprint density at radius 2 is 1.96 bits per heavy atom. The molecule has 2 atom stereocenters. The van der Waals surface area contributed by atoms with Crippen molar-refractivity contribution in [3.63, 3.8) is 0 Å². The molecule has 0 bridgehead atoms. The van der Waals surface area contributed by atoms with Gasteiger partial charge in [-0.05, 0) is 36.5 Å². The number of hydrogen-bond donors (Lipinski definition) is 2. The topological polar surface area (TPSA) is 77.1 Å². The molecule has 2 amide bonds. The van der Waals surface area contributed by atoms with Crippen molar-refractivity contribution in [2.24, 2.45) is 5.92 Å². The lowest BCUT2D eigenvalue weighted by Crippen LogP contribution is -2.69. The number of likely N-dealkylation sites (tertiary alicyclic amines) is 1. The number of quaternary nitrogens is 1. The quantitative estimate of drug-likeness (QED) is 0.780. The molecule has 0 spiro atoms. The van der Waals surface area contributed by atoms with Gasteiger partial charge in [-0.25, -0.2) is 0 Å². The molecule has 6 heteroatoms. The maximum absolute atomic E-state index is 12.9. The van der Waals surface area contributed by atoms with Crippen molar-refractivity contribution in [3.05, 3.63) is 34.9 Å². The van der Waals surface area contributed by atoms with Crippen LogP contribution in [0.5, 0.6) is 0 Å². The van der Waals surface area contributed by atoms with E-state index in [1.54, 1.807) is 4.90 Å². The average Bonchev–Trinajstić information content (AvgIpc) is 3.16. The first-order chi connectivity index (χ1) is 13.0. The summed E-state index contributed by atoms with van der Waals surface area (Å²) in [6, 6.07) is 6.84. The van der Waals surface area contributed by atoms with Crippen LogP contribution in [0.4, 0.5) is 0 Å². The van der Waals surface area contributed by atoms with Gasteiger partial charge in [-0.15, -0.1) is 0 Å². The summed E-state index contributed by atoms with van der Waals surface area (Å²) in [7, 11) is 0. The molecular weight excluding hydrogens is 362 g/mol. The molecule has 1 aliphatic carbocycles. The molecule has 1 saturated heterocycles. The summed E-state index contributed by atoms with van der Waals surface area (Å²) < 4.78 is 0. The molecule has 0 unspecified atom stereocenters. The second kappa shape index (κ2) is 9.56. The molecule has 148 valence electrons. The molecule has 27 heavy (non-hydrogen) atoms. The predicted octanol–water partition coefficient (Wildman–Crippen LogP) is 2.53. The van der Waals surface area contributed by atoms with Crippen molar-refractivity contribution in [1.82, 2.24) is 10.2 Å². The molecule has 2 fully saturated rings. The number of nitrogens with one attached hydrogen (secondary N) is 1. The molecule has 0 aromatic heterocycles. The smallest absolute Gasteiger partial charge is 0.281 e. The normalized spacial score (nSPS) is 21.9. The summed E-state index contributed by atoms with van der Waals surface area (Å²) >= 11 is 5.99. The van der Waals surface area contributed by atoms with E-state index in [2.05, 4.69) is 11.1 Å². The van der Waals surface area contributed by atoms with Gasteiger partial charge in [-0.1, -0.05) is 55.8 Å². The lowest BCUT2D eigenvalue weighted by molar-refractivity contribution is -0.409. The fraction of sp³-hybridized carbons (Fsp3) is 0.619. The molecule has 1 saturated carbocycles. The van der Waals surface area contributed by atoms with Crippen molar-refractivity contribution in [2.45, 2.75) is 70.0 Å². The summed E-state index contributed by atoms with van der Waals surface area (Å²) in [5, 5.41) is 3.62. The van der Waals surface area contributed by atoms with Crippen LogP contribution >= 0.6 is 11.6 Å². The van der Waals surface area contributed by atoms with Gasteiger partial charge in [0, 0.05) is 24.5 Å². The van der Waals surface area contributed by atoms with Crippen molar-refractivity contribution < 1.29 is 15.3 Å². The van der Waals surface area contributed by atoms with Gasteiger partial charge in [0.25, 0.3) is 5.91 Å². The van der Waals surface area contributed by atoms with Crippen molar-refractivity contribution in [3.8, 4) is 0 Å². The van der Waals surface area contributed by atoms with Crippen molar-refractivity contribution >= 4 is 23.4 Å². The Hall–Kier alpha value is -1.59. The molecule has 1 heterocycles. The van der Waals surface area contributed by atoms with Crippen LogP contribution in [0.1, 0.15) is 56.9 Å². The van der Waals surface area contributed by atoms with Gasteiger partial charge >= 0.3 is 0 Å². The summed E-state index contributed by atoms with van der Waals surface area (Å²) in [5.41, 5.74) is 5.09. The first kappa shape index (κ1) is 20.2. The van der Waals surface area contributed by atoms with Gasteiger partial charge in [0.1, 0.15) is 6.04 Å². The Morgan fingerprint density at radius 1 is 1.19 bits per heavy atom. The Morgan fingerprint density at radius 3 is 2.70 bits per heavy atom. The highest BCUT2D eigenvalue weighted by atomic mass is 35.5. The minimum Gasteiger partial charge on any atom is -0.350 e. The first-order valence-corrected chi connectivity index (χ1v) is 10.6. The van der Waals surface area contributed by atoms with E-state index in [0.29, 0.717) is 24.0 Å². The second-order valence-corrected chi connectivity index (χ2v) is 8.41. The molecule has 5 nitrogen and oxygen atoms in total. The zero-order valence-electron chi connectivity index (χ0n) is 16.0. The van der Waals surface area contributed by atoms with E-state index in [-0.39, 0.29) is 23.9 Å². The minimum absolute atomic E-state index is 0.0426. The van der Waals surface area contributed by atoms with E-state index in [1.165, 1.54) is 32.1 Å². The Kier molecular flexibility index (Phi) is 7.13. The van der Waals surface area contributed by atoms with Gasteiger partial charge in [0.15, 0.2) is 6.04 Å². The highest BCUT2D eigenvalue weighted by Crippen LogP contribution is 2.28. The average molecular weight is 393 g/mol. The molecule has 0 radical (unpaired) electrons. The Balaban J connectivity index is 1.53. The molecule has 1 aromatic carbocycles. The molecule has 3 rings (SSSR count). The summed E-state index contributed by atoms with van der Waals surface area (Å²) in [6.45, 7) is 1.08. The van der Waals surface area contributed by atoms with E-state index in [9.17, 15) is 9.59 Å². The van der Waals surface area contributed by atoms with Crippen LogP contribution in [0, 0.1) is 5.92 Å². The summed E-state index contributed by atoms with van der Waals surface area (Å²) in [5.74, 6) is 0.578. The van der Waals surface area contributed by atoms with Crippen LogP contribution < -0.4 is 11.1 Å². The third kappa shape index (κ3) is 5.45. The third-order valence-corrected chi connectivity index (χ3v) is 6.12. The maximum atomic E-state index is 12.9. The molecule has 2 aliphatic rings. The molecule has 4 N–H and O–H groups in total. The van der Waals surface area contributed by atoms with E-state index in [4.69, 9.17) is 11.6 Å². The lowest BCUT2D eigenvalue weighted by atomic mass is 9.84. The number of benzene rings is 1. The summed E-state index contributed by atoms with van der Waals surface area (Å²) in [4.78, 5) is 27.3. The van der Waals surface area contributed by atoms with Crippen LogP contribution in [0.15, 0.2) is 24.3 Å². The number of carbonyl (C=O) groups is 2. The number of nitrogens with zero attached hydrogens (tertiary/aromatic N) is 1. The fourth-order valence-corrected chi connectivity index (χ4v) is 4.63. The van der Waals surface area contributed by atoms with Gasteiger partial charge in [-0.2, -0.15) is 0 Å². The number of carbonyl (C=O) groups excluding carboxylic acids is 2. The number of hydrogen-bond acceptors (Lipinski definition) is 2. The van der Waals surface area contributed by atoms with Crippen LogP contribution in [-0.4, -0.2) is 35.3 Å². The number of rotatable bonds is 6. The van der Waals surface area contributed by atoms with Crippen molar-refractivity contribution in [2.75, 3.05) is 6.54 Å². The monoisotopic (exact) mass is 392 g/mol. The zero-order chi connectivity index (χ0) is 19.2. The summed E-state index contributed by atoms with van der Waals surface area (Å²) in [6.07, 6.45) is 8.72. The highest BCUT2D eigenvalue weighted by Gasteiger charge is 2.38. The van der Waals surface area contributed by atoms with E-state index < -0.39 is 0 Å². The number of halogens is 1. The minimum atomic E-state index is -0.368. The first-order valence-electron chi connectivity index (χ1n) is 10.2. The van der Waals surface area contributed by atoms with Crippen LogP contribution in [-0.2, 0) is 16.1 Å². The number of amides is 2. The predicted molar refractivity (Wildman–Crippen MR) is 106 cm³/mol. The molecule has 1 aromatic rings. The van der Waals surface area contributed by atoms with Gasteiger partial charge in [0.05, 0.1) is 0 Å². The zero-order valence-corrected chi connectivity index (χ0v) is 16.7. The molecular formula is C21H31ClN3O2+. The van der Waals surface area contributed by atoms with Crippen LogP contribution in [0.25, 0.3) is 0 Å². The lowest BCUT2D eigenvalue weighted by Gasteiger charge is -2.28. The Labute approximate surface area is 166 Å². The molecule has 1 aliphatic heterocycles. The fourth-order valence-electron chi connectivity index (χ4n) is 4.42. The van der Waals surface area contributed by atoms with Crippen molar-refractivity contribution in [1.29, 1.82) is 0 Å². The standard InChI is InChI=1S/C21H30ClN3O2/c22-17-9-4-8-16(12-17)14-24-20(26)19-10-5-11-25(19)21(27)18(23)13-15-6-2-1-3-7-15/h4,8-9,12,15,18-19H,1-3,5-7,10-11,13-14,23H2,(H,24,26)/p+1/t18-,19+/m1/s1. The van der Waals surface area contributed by atoms with Gasteiger partial charge in [0.2, 0.25) is 5.91 Å². The van der Waals surface area contributed by atoms with Crippen LogP contribution in [0.2, 0.25) is 5.02 Å². The van der Waals surface area contributed by atoms with Gasteiger partial charge in [-0.3, -0.25) is 9.59 Å².